The van der Waals surface area contributed by atoms with Crippen LogP contribution in [0, 0.1) is 18.8 Å². The van der Waals surface area contributed by atoms with Crippen molar-refractivity contribution in [3.05, 3.63) is 125 Å². The van der Waals surface area contributed by atoms with Crippen LogP contribution in [-0.4, -0.2) is 29.1 Å². The zero-order chi connectivity index (χ0) is 34.8. The molecule has 0 fully saturated rings. The molecule has 0 bridgehead atoms. The van der Waals surface area contributed by atoms with Crippen molar-refractivity contribution in [1.29, 1.82) is 0 Å². The Morgan fingerprint density at radius 3 is 1.17 bits per heavy atom. The van der Waals surface area contributed by atoms with Gasteiger partial charge >= 0.3 is 11.9 Å². The van der Waals surface area contributed by atoms with Gasteiger partial charge in [0, 0.05) is 42.0 Å². The summed E-state index contributed by atoms with van der Waals surface area (Å²) in [5, 5.41) is 8.26. The van der Waals surface area contributed by atoms with E-state index in [4.69, 9.17) is 9.68 Å². The molecule has 0 heterocycles. The molecule has 0 aliphatic heterocycles. The number of carbonyl (C=O) groups is 3. The summed E-state index contributed by atoms with van der Waals surface area (Å²) in [6, 6.07) is 30.9. The Balaban J connectivity index is 1.75. The quantitative estimate of drug-likeness (QED) is 0.0622. The van der Waals surface area contributed by atoms with E-state index in [1.807, 2.05) is 104 Å². The minimum atomic E-state index is -0.471. The van der Waals surface area contributed by atoms with E-state index in [0.29, 0.717) is 47.2 Å². The second kappa shape index (κ2) is 16.5. The van der Waals surface area contributed by atoms with Gasteiger partial charge in [0.15, 0.2) is 5.78 Å². The van der Waals surface area contributed by atoms with E-state index in [-0.39, 0.29) is 5.78 Å². The molecule has 248 valence electrons. The second-order valence-electron chi connectivity index (χ2n) is 12.6. The van der Waals surface area contributed by atoms with Crippen molar-refractivity contribution in [1.82, 2.24) is 0 Å². The first-order valence-corrected chi connectivity index (χ1v) is 16.1. The summed E-state index contributed by atoms with van der Waals surface area (Å²) < 4.78 is 0. The molecule has 0 aliphatic carbocycles. The van der Waals surface area contributed by atoms with Crippen LogP contribution in [0.4, 0.5) is 17.1 Å². The molecule has 0 aromatic heterocycles. The highest BCUT2D eigenvalue weighted by Crippen LogP contribution is 2.35. The maximum atomic E-state index is 13.2. The summed E-state index contributed by atoms with van der Waals surface area (Å²) in [4.78, 5) is 48.3. The van der Waals surface area contributed by atoms with E-state index in [1.54, 1.807) is 0 Å². The largest absolute Gasteiger partial charge is 0.331 e. The van der Waals surface area contributed by atoms with Crippen LogP contribution < -0.4 is 4.90 Å². The number of aryl methyl sites for hydroxylation is 1. The van der Waals surface area contributed by atoms with Gasteiger partial charge in [-0.05, 0) is 91.3 Å². The summed E-state index contributed by atoms with van der Waals surface area (Å²) in [7, 11) is 0. The molecule has 0 amide bonds. The van der Waals surface area contributed by atoms with Gasteiger partial charge in [-0.25, -0.2) is 9.59 Å². The monoisotopic (exact) mass is 645 g/mol. The van der Waals surface area contributed by atoms with Crippen molar-refractivity contribution < 1.29 is 24.1 Å². The van der Waals surface area contributed by atoms with Gasteiger partial charge < -0.3 is 14.6 Å². The van der Waals surface area contributed by atoms with E-state index < -0.39 is 11.9 Å². The number of ketones is 1. The fraction of sp³-hybridized carbons (Fsp3) is 0.275. The molecule has 8 nitrogen and oxygen atoms in total. The Labute approximate surface area is 283 Å². The molecular formula is C40H43N3O5. The van der Waals surface area contributed by atoms with Crippen LogP contribution in [-0.2, 0) is 19.3 Å². The summed E-state index contributed by atoms with van der Waals surface area (Å²) in [6.45, 7) is 13.0. The average molecular weight is 646 g/mol. The van der Waals surface area contributed by atoms with Crippen molar-refractivity contribution in [3.63, 3.8) is 0 Å². The van der Waals surface area contributed by atoms with E-state index >= 15 is 0 Å². The minimum absolute atomic E-state index is 0.0451. The Morgan fingerprint density at radius 1 is 0.542 bits per heavy atom. The number of nitrogens with zero attached hydrogens (tertiary/aromatic N) is 3. The molecule has 4 rings (SSSR count). The summed E-state index contributed by atoms with van der Waals surface area (Å²) in [5.74, 6) is -0.376. The van der Waals surface area contributed by atoms with E-state index in [1.165, 1.54) is 13.8 Å². The van der Waals surface area contributed by atoms with E-state index in [0.717, 1.165) is 33.8 Å². The number of oxime groups is 2. The van der Waals surface area contributed by atoms with Crippen LogP contribution in [0.2, 0.25) is 0 Å². The average Bonchev–Trinajstić information content (AvgIpc) is 3.06. The lowest BCUT2D eigenvalue weighted by atomic mass is 9.99. The third kappa shape index (κ3) is 9.82. The fourth-order valence-electron chi connectivity index (χ4n) is 5.11. The Morgan fingerprint density at radius 2 is 0.854 bits per heavy atom. The van der Waals surface area contributed by atoms with Crippen molar-refractivity contribution >= 4 is 46.2 Å². The van der Waals surface area contributed by atoms with Crippen LogP contribution in [0.25, 0.3) is 0 Å². The van der Waals surface area contributed by atoms with Gasteiger partial charge in [0.05, 0.1) is 11.4 Å². The molecule has 0 radical (unpaired) electrons. The molecular weight excluding hydrogens is 602 g/mol. The van der Waals surface area contributed by atoms with Crippen molar-refractivity contribution in [3.8, 4) is 0 Å². The molecule has 48 heavy (non-hydrogen) atoms. The van der Waals surface area contributed by atoms with Crippen LogP contribution in [0.1, 0.15) is 87.0 Å². The van der Waals surface area contributed by atoms with E-state index in [9.17, 15) is 14.4 Å². The van der Waals surface area contributed by atoms with Gasteiger partial charge in [0.25, 0.3) is 0 Å². The Hall–Kier alpha value is -5.37. The lowest BCUT2D eigenvalue weighted by Gasteiger charge is -2.26. The predicted molar refractivity (Wildman–Crippen MR) is 191 cm³/mol. The van der Waals surface area contributed by atoms with Crippen LogP contribution in [0.5, 0.6) is 0 Å². The van der Waals surface area contributed by atoms with E-state index in [2.05, 4.69) is 42.9 Å². The normalized spacial score (nSPS) is 11.9. The van der Waals surface area contributed by atoms with Crippen LogP contribution in [0.3, 0.4) is 0 Å². The number of rotatable bonds is 13. The first-order chi connectivity index (χ1) is 22.9. The highest BCUT2D eigenvalue weighted by atomic mass is 16.7. The zero-order valence-electron chi connectivity index (χ0n) is 28.7. The smallest absolute Gasteiger partial charge is 0.318 e. The summed E-state index contributed by atoms with van der Waals surface area (Å²) in [6.07, 6.45) is 1.28. The molecule has 4 aromatic rings. The molecule has 0 spiro atoms. The standard InChI is InChI=1S/C40H43N3O5/c1-26(2)24-38(41-47-29(6)44)31-12-18-35(19-13-31)43(36-20-14-32(15-21-36)39(25-27(3)4)42-48-30(7)45)37-22-16-34(17-23-37)40(46)33-10-8-28(5)9-11-33/h8-23,26-27H,24-25H2,1-7H3. The first-order valence-electron chi connectivity index (χ1n) is 16.1. The van der Waals surface area contributed by atoms with Gasteiger partial charge in [-0.15, -0.1) is 0 Å². The SMILES string of the molecule is CC(=O)ON=C(CC(C)C)c1ccc(N(c2ccc(C(=O)c3ccc(C)cc3)cc2)c2ccc(C(CC(C)C)=NOC(C)=O)cc2)cc1. The van der Waals surface area contributed by atoms with Crippen LogP contribution in [0.15, 0.2) is 107 Å². The molecule has 0 saturated heterocycles. The van der Waals surface area contributed by atoms with Crippen molar-refractivity contribution in [2.24, 2.45) is 22.1 Å². The maximum absolute atomic E-state index is 13.2. The minimum Gasteiger partial charge on any atom is -0.318 e. The second-order valence-corrected chi connectivity index (χ2v) is 12.6. The predicted octanol–water partition coefficient (Wildman–Crippen LogP) is 9.32. The number of anilines is 3. The summed E-state index contributed by atoms with van der Waals surface area (Å²) >= 11 is 0. The van der Waals surface area contributed by atoms with Gasteiger partial charge in [-0.3, -0.25) is 4.79 Å². The molecule has 0 atom stereocenters. The van der Waals surface area contributed by atoms with Gasteiger partial charge in [-0.1, -0.05) is 92.1 Å². The summed E-state index contributed by atoms with van der Waals surface area (Å²) in [5.41, 5.74) is 7.99. The maximum Gasteiger partial charge on any atom is 0.331 e. The molecule has 0 aliphatic rings. The lowest BCUT2D eigenvalue weighted by molar-refractivity contribution is -0.141. The third-order valence-corrected chi connectivity index (χ3v) is 7.39. The number of carbonyl (C=O) groups excluding carboxylic acids is 3. The molecule has 0 unspecified atom stereocenters. The third-order valence-electron chi connectivity index (χ3n) is 7.39. The topological polar surface area (TPSA) is 97.6 Å². The molecule has 4 aromatic carbocycles. The van der Waals surface area contributed by atoms with Crippen LogP contribution >= 0.6 is 0 Å². The van der Waals surface area contributed by atoms with Crippen molar-refractivity contribution in [2.45, 2.75) is 61.3 Å². The van der Waals surface area contributed by atoms with Gasteiger partial charge in [0.1, 0.15) is 0 Å². The number of hydrogen-bond donors (Lipinski definition) is 0. The highest BCUT2D eigenvalue weighted by Gasteiger charge is 2.17. The fourth-order valence-corrected chi connectivity index (χ4v) is 5.11. The lowest BCUT2D eigenvalue weighted by Crippen LogP contribution is -2.12. The number of benzene rings is 4. The Bertz CT molecular complexity index is 1690. The first kappa shape index (κ1) is 35.5. The Kier molecular flexibility index (Phi) is 12.2. The van der Waals surface area contributed by atoms with Crippen molar-refractivity contribution in [2.75, 3.05) is 4.90 Å². The number of hydrogen-bond acceptors (Lipinski definition) is 8. The molecule has 0 saturated carbocycles. The highest BCUT2D eigenvalue weighted by molar-refractivity contribution is 6.09. The molecule has 0 N–H and O–H groups in total. The van der Waals surface area contributed by atoms with Gasteiger partial charge in [-0.2, -0.15) is 0 Å². The molecule has 8 heteroatoms. The zero-order valence-corrected chi connectivity index (χ0v) is 28.7. The van der Waals surface area contributed by atoms with Gasteiger partial charge in [0.2, 0.25) is 0 Å².